The number of nitrogens with zero attached hydrogens (tertiary/aromatic N) is 1. The number of benzene rings is 1. The number of hydrogen-bond donors (Lipinski definition) is 2. The Bertz CT molecular complexity index is 614. The molecule has 3 nitrogen and oxygen atoms in total. The maximum Gasteiger partial charge on any atom is 0.169 e. The molecule has 0 unspecified atom stereocenters. The Kier molecular flexibility index (Phi) is 5.09. The van der Waals surface area contributed by atoms with Gasteiger partial charge in [0.15, 0.2) is 23.3 Å². The smallest absolute Gasteiger partial charge is 0.169 e. The fourth-order valence-corrected chi connectivity index (χ4v) is 2.10. The SMILES string of the molecule is CCCc1ccccc1Nc1nc(NCC)c(F)cc1F. The topological polar surface area (TPSA) is 37.0 Å². The average molecular weight is 291 g/mol. The molecule has 0 radical (unpaired) electrons. The molecular weight excluding hydrogens is 272 g/mol. The van der Waals surface area contributed by atoms with Crippen molar-refractivity contribution < 1.29 is 8.78 Å². The number of para-hydroxylation sites is 1. The highest BCUT2D eigenvalue weighted by Crippen LogP contribution is 2.25. The number of rotatable bonds is 6. The van der Waals surface area contributed by atoms with Gasteiger partial charge in [-0.25, -0.2) is 13.8 Å². The van der Waals surface area contributed by atoms with Crippen molar-refractivity contribution in [2.24, 2.45) is 0 Å². The Labute approximate surface area is 123 Å². The third-order valence-corrected chi connectivity index (χ3v) is 3.06. The lowest BCUT2D eigenvalue weighted by Gasteiger charge is -2.13. The number of nitrogens with one attached hydrogen (secondary N) is 2. The summed E-state index contributed by atoms with van der Waals surface area (Å²) >= 11 is 0. The first-order chi connectivity index (χ1) is 10.2. The zero-order valence-corrected chi connectivity index (χ0v) is 12.2. The number of hydrogen-bond acceptors (Lipinski definition) is 3. The lowest BCUT2D eigenvalue weighted by Crippen LogP contribution is -2.07. The first-order valence-corrected chi connectivity index (χ1v) is 7.10. The van der Waals surface area contributed by atoms with Crippen molar-refractivity contribution in [3.8, 4) is 0 Å². The highest BCUT2D eigenvalue weighted by molar-refractivity contribution is 5.62. The molecule has 0 aliphatic rings. The van der Waals surface area contributed by atoms with E-state index in [1.165, 1.54) is 0 Å². The Balaban J connectivity index is 2.33. The second-order valence-electron chi connectivity index (χ2n) is 4.71. The number of aryl methyl sites for hydroxylation is 1. The predicted octanol–water partition coefficient (Wildman–Crippen LogP) is 4.49. The van der Waals surface area contributed by atoms with Crippen LogP contribution in [0.5, 0.6) is 0 Å². The maximum atomic E-state index is 13.9. The summed E-state index contributed by atoms with van der Waals surface area (Å²) < 4.78 is 27.4. The van der Waals surface area contributed by atoms with Gasteiger partial charge >= 0.3 is 0 Å². The third kappa shape index (κ3) is 3.68. The van der Waals surface area contributed by atoms with Gasteiger partial charge in [-0.1, -0.05) is 31.5 Å². The van der Waals surface area contributed by atoms with Crippen LogP contribution in [-0.4, -0.2) is 11.5 Å². The fraction of sp³-hybridized carbons (Fsp3) is 0.312. The molecule has 1 aromatic carbocycles. The van der Waals surface area contributed by atoms with E-state index in [0.29, 0.717) is 6.54 Å². The van der Waals surface area contributed by atoms with Gasteiger partial charge < -0.3 is 10.6 Å². The maximum absolute atomic E-state index is 13.9. The molecule has 0 saturated carbocycles. The van der Waals surface area contributed by atoms with E-state index in [1.807, 2.05) is 31.2 Å². The fourth-order valence-electron chi connectivity index (χ4n) is 2.10. The standard InChI is InChI=1S/C16H19F2N3/c1-3-7-11-8-5-6-9-14(11)20-16-13(18)10-12(17)15(21-16)19-4-2/h5-6,8-10H,3-4,7H2,1-2H3,(H2,19,20,21). The number of aromatic nitrogens is 1. The highest BCUT2D eigenvalue weighted by Gasteiger charge is 2.12. The van der Waals surface area contributed by atoms with Crippen LogP contribution in [-0.2, 0) is 6.42 Å². The summed E-state index contributed by atoms with van der Waals surface area (Å²) in [6.45, 7) is 4.42. The summed E-state index contributed by atoms with van der Waals surface area (Å²) in [5.74, 6) is -1.33. The Morgan fingerprint density at radius 2 is 1.76 bits per heavy atom. The Morgan fingerprint density at radius 1 is 1.05 bits per heavy atom. The monoisotopic (exact) mass is 291 g/mol. The molecular formula is C16H19F2N3. The molecule has 0 aliphatic carbocycles. The lowest BCUT2D eigenvalue weighted by atomic mass is 10.1. The van der Waals surface area contributed by atoms with Crippen molar-refractivity contribution in [1.29, 1.82) is 0 Å². The molecule has 0 amide bonds. The zero-order chi connectivity index (χ0) is 15.2. The van der Waals surface area contributed by atoms with Gasteiger partial charge in [-0.2, -0.15) is 0 Å². The summed E-state index contributed by atoms with van der Waals surface area (Å²) in [6.07, 6.45) is 1.87. The van der Waals surface area contributed by atoms with Gasteiger partial charge in [0.1, 0.15) is 0 Å². The van der Waals surface area contributed by atoms with E-state index in [-0.39, 0.29) is 11.6 Å². The minimum absolute atomic E-state index is 0.0240. The van der Waals surface area contributed by atoms with Crippen molar-refractivity contribution >= 4 is 17.3 Å². The molecule has 1 heterocycles. The molecule has 21 heavy (non-hydrogen) atoms. The summed E-state index contributed by atoms with van der Waals surface area (Å²) in [5.41, 5.74) is 1.87. The molecule has 0 bridgehead atoms. The van der Waals surface area contributed by atoms with Crippen molar-refractivity contribution in [2.45, 2.75) is 26.7 Å². The van der Waals surface area contributed by atoms with Crippen LogP contribution in [0.3, 0.4) is 0 Å². The molecule has 1 aromatic heterocycles. The summed E-state index contributed by atoms with van der Waals surface area (Å²) in [6, 6.07) is 8.50. The molecule has 2 rings (SSSR count). The second kappa shape index (κ2) is 7.02. The van der Waals surface area contributed by atoms with E-state index in [1.54, 1.807) is 0 Å². The van der Waals surface area contributed by atoms with E-state index < -0.39 is 11.6 Å². The molecule has 0 saturated heterocycles. The van der Waals surface area contributed by atoms with Crippen LogP contribution in [0.2, 0.25) is 0 Å². The number of halogens is 2. The van der Waals surface area contributed by atoms with E-state index in [9.17, 15) is 8.78 Å². The number of pyridine rings is 1. The Morgan fingerprint density at radius 3 is 2.48 bits per heavy atom. The van der Waals surface area contributed by atoms with Gasteiger partial charge in [-0.3, -0.25) is 0 Å². The lowest BCUT2D eigenvalue weighted by molar-refractivity contribution is 0.579. The quantitative estimate of drug-likeness (QED) is 0.823. The van der Waals surface area contributed by atoms with Crippen LogP contribution in [0.25, 0.3) is 0 Å². The van der Waals surface area contributed by atoms with Crippen LogP contribution < -0.4 is 10.6 Å². The minimum Gasteiger partial charge on any atom is -0.368 e. The highest BCUT2D eigenvalue weighted by atomic mass is 19.1. The van der Waals surface area contributed by atoms with Gasteiger partial charge in [0.25, 0.3) is 0 Å². The van der Waals surface area contributed by atoms with Crippen LogP contribution in [0.4, 0.5) is 26.1 Å². The normalized spacial score (nSPS) is 10.5. The van der Waals surface area contributed by atoms with E-state index in [2.05, 4.69) is 22.5 Å². The average Bonchev–Trinajstić information content (AvgIpc) is 2.46. The van der Waals surface area contributed by atoms with Crippen LogP contribution in [0, 0.1) is 11.6 Å². The molecule has 5 heteroatoms. The summed E-state index contributed by atoms with van der Waals surface area (Å²) in [4.78, 5) is 3.99. The summed E-state index contributed by atoms with van der Waals surface area (Å²) in [7, 11) is 0. The van der Waals surface area contributed by atoms with Gasteiger partial charge in [-0.15, -0.1) is 0 Å². The first-order valence-electron chi connectivity index (χ1n) is 7.10. The van der Waals surface area contributed by atoms with Crippen molar-refractivity contribution in [3.63, 3.8) is 0 Å². The van der Waals surface area contributed by atoms with E-state index in [0.717, 1.165) is 30.2 Å². The molecule has 0 atom stereocenters. The predicted molar refractivity (Wildman–Crippen MR) is 82.0 cm³/mol. The molecule has 0 fully saturated rings. The first kappa shape index (κ1) is 15.2. The van der Waals surface area contributed by atoms with Gasteiger partial charge in [0.05, 0.1) is 0 Å². The molecule has 112 valence electrons. The van der Waals surface area contributed by atoms with Crippen molar-refractivity contribution in [3.05, 3.63) is 47.5 Å². The van der Waals surface area contributed by atoms with Crippen molar-refractivity contribution in [1.82, 2.24) is 4.98 Å². The van der Waals surface area contributed by atoms with Gasteiger partial charge in [0.2, 0.25) is 0 Å². The summed E-state index contributed by atoms with van der Waals surface area (Å²) in [5, 5.41) is 5.74. The minimum atomic E-state index is -0.708. The van der Waals surface area contributed by atoms with Gasteiger partial charge in [0, 0.05) is 18.3 Å². The van der Waals surface area contributed by atoms with Gasteiger partial charge in [-0.05, 0) is 25.0 Å². The largest absolute Gasteiger partial charge is 0.368 e. The molecule has 2 aromatic rings. The number of anilines is 3. The van der Waals surface area contributed by atoms with E-state index >= 15 is 0 Å². The van der Waals surface area contributed by atoms with E-state index in [4.69, 9.17) is 0 Å². The molecule has 0 aliphatic heterocycles. The van der Waals surface area contributed by atoms with Crippen LogP contribution >= 0.6 is 0 Å². The Hall–Kier alpha value is -2.17. The van der Waals surface area contributed by atoms with Crippen molar-refractivity contribution in [2.75, 3.05) is 17.2 Å². The second-order valence-corrected chi connectivity index (χ2v) is 4.71. The molecule has 2 N–H and O–H groups in total. The molecule has 0 spiro atoms. The van der Waals surface area contributed by atoms with Crippen LogP contribution in [0.1, 0.15) is 25.8 Å². The third-order valence-electron chi connectivity index (χ3n) is 3.06. The van der Waals surface area contributed by atoms with Crippen LogP contribution in [0.15, 0.2) is 30.3 Å². The zero-order valence-electron chi connectivity index (χ0n) is 12.2.